The number of hydrogen-bond acceptors (Lipinski definition) is 6. The van der Waals surface area contributed by atoms with Gasteiger partial charge in [-0.2, -0.15) is 0 Å². The molecule has 1 spiro atoms. The minimum atomic E-state index is -0.905. The maximum atomic E-state index is 13.1. The van der Waals surface area contributed by atoms with Crippen LogP contribution in [0.1, 0.15) is 80.0 Å². The van der Waals surface area contributed by atoms with Crippen molar-refractivity contribution in [2.24, 2.45) is 5.41 Å². The van der Waals surface area contributed by atoms with E-state index in [2.05, 4.69) is 0 Å². The number of ether oxygens (including phenoxy) is 1. The molecule has 166 valence electrons. The number of fused-ring (bicyclic) bond motifs is 1. The molecule has 0 radical (unpaired) electrons. The van der Waals surface area contributed by atoms with Crippen molar-refractivity contribution in [3.8, 4) is 0 Å². The first-order valence-corrected chi connectivity index (χ1v) is 10.8. The molecule has 4 rings (SSSR count). The topological polar surface area (TPSA) is 93.2 Å². The van der Waals surface area contributed by atoms with Crippen LogP contribution < -0.4 is 0 Å². The summed E-state index contributed by atoms with van der Waals surface area (Å²) in [4.78, 5) is 57.9. The van der Waals surface area contributed by atoms with Crippen molar-refractivity contribution >= 4 is 23.9 Å². The molecule has 2 aliphatic heterocycles. The van der Waals surface area contributed by atoms with Gasteiger partial charge in [0.05, 0.1) is 11.1 Å². The van der Waals surface area contributed by atoms with Crippen LogP contribution in [0.3, 0.4) is 0 Å². The van der Waals surface area contributed by atoms with Crippen LogP contribution in [0, 0.1) is 5.41 Å². The average Bonchev–Trinajstić information content (AvgIpc) is 3.19. The maximum Gasteiger partial charge on any atom is 0.411 e. The van der Waals surface area contributed by atoms with E-state index in [1.807, 2.05) is 0 Å². The lowest BCUT2D eigenvalue weighted by Crippen LogP contribution is -2.46. The molecule has 3 amide bonds. The van der Waals surface area contributed by atoms with Crippen LogP contribution in [0.5, 0.6) is 0 Å². The second kappa shape index (κ2) is 7.66. The summed E-state index contributed by atoms with van der Waals surface area (Å²) in [6.45, 7) is 5.71. The Bertz CT molecular complexity index is 893. The molecule has 1 unspecified atom stereocenters. The number of rotatable bonds is 2. The standard InChI is InChI=1S/C23H28N2O6/c1-22(2,3)30-21(29)24-14-23(11-7-4-8-12-23)13-17(24)20(28)31-25-18(26)15-9-5-6-10-16(15)19(25)27/h5-6,9-10,17H,4,7-8,11-14H2,1-3H3. The number of carbonyl (C=O) groups is 4. The van der Waals surface area contributed by atoms with Gasteiger partial charge in [-0.15, -0.1) is 0 Å². The summed E-state index contributed by atoms with van der Waals surface area (Å²) in [7, 11) is 0. The molecule has 0 N–H and O–H groups in total. The number of benzene rings is 1. The third-order valence-electron chi connectivity index (χ3n) is 6.26. The number of nitrogens with zero attached hydrogens (tertiary/aromatic N) is 2. The second-order valence-electron chi connectivity index (χ2n) is 9.75. The largest absolute Gasteiger partial charge is 0.444 e. The summed E-state index contributed by atoms with van der Waals surface area (Å²) in [5.41, 5.74) is -0.490. The molecular weight excluding hydrogens is 400 g/mol. The minimum absolute atomic E-state index is 0.166. The van der Waals surface area contributed by atoms with Crippen LogP contribution in [0.4, 0.5) is 4.79 Å². The second-order valence-corrected chi connectivity index (χ2v) is 9.75. The van der Waals surface area contributed by atoms with Gasteiger partial charge in [-0.3, -0.25) is 14.5 Å². The lowest BCUT2D eigenvalue weighted by Gasteiger charge is -2.33. The number of hydroxylamine groups is 2. The van der Waals surface area contributed by atoms with E-state index in [4.69, 9.17) is 9.57 Å². The van der Waals surface area contributed by atoms with E-state index in [-0.39, 0.29) is 16.5 Å². The summed E-state index contributed by atoms with van der Waals surface area (Å²) >= 11 is 0. The van der Waals surface area contributed by atoms with Crippen LogP contribution >= 0.6 is 0 Å². The molecule has 1 atom stereocenters. The van der Waals surface area contributed by atoms with Gasteiger partial charge in [0.15, 0.2) is 0 Å². The third kappa shape index (κ3) is 4.03. The molecular formula is C23H28N2O6. The van der Waals surface area contributed by atoms with Gasteiger partial charge in [0, 0.05) is 6.54 Å². The van der Waals surface area contributed by atoms with Crippen LogP contribution in [0.25, 0.3) is 0 Å². The first-order valence-electron chi connectivity index (χ1n) is 10.8. The fraction of sp³-hybridized carbons (Fsp3) is 0.565. The Morgan fingerprint density at radius 2 is 1.58 bits per heavy atom. The Balaban J connectivity index is 1.55. The van der Waals surface area contributed by atoms with E-state index in [0.29, 0.717) is 18.0 Å². The van der Waals surface area contributed by atoms with Gasteiger partial charge in [-0.25, -0.2) is 9.59 Å². The average molecular weight is 428 g/mol. The highest BCUT2D eigenvalue weighted by atomic mass is 16.7. The van der Waals surface area contributed by atoms with E-state index in [9.17, 15) is 19.2 Å². The van der Waals surface area contributed by atoms with Crippen LogP contribution in [-0.2, 0) is 14.4 Å². The molecule has 1 saturated heterocycles. The first-order chi connectivity index (χ1) is 14.6. The summed E-state index contributed by atoms with van der Waals surface area (Å²) < 4.78 is 5.53. The van der Waals surface area contributed by atoms with Crippen LogP contribution in [0.2, 0.25) is 0 Å². The molecule has 3 aliphatic rings. The molecule has 2 heterocycles. The molecule has 8 nitrogen and oxygen atoms in total. The van der Waals surface area contributed by atoms with Crippen molar-refractivity contribution in [1.82, 2.24) is 9.96 Å². The van der Waals surface area contributed by atoms with Gasteiger partial charge < -0.3 is 9.57 Å². The van der Waals surface area contributed by atoms with Crippen molar-refractivity contribution in [2.75, 3.05) is 6.54 Å². The number of hydrogen-bond donors (Lipinski definition) is 0. The van der Waals surface area contributed by atoms with Gasteiger partial charge >= 0.3 is 12.1 Å². The van der Waals surface area contributed by atoms with Crippen molar-refractivity contribution in [1.29, 1.82) is 0 Å². The van der Waals surface area contributed by atoms with Crippen molar-refractivity contribution in [3.05, 3.63) is 35.4 Å². The Morgan fingerprint density at radius 3 is 2.13 bits per heavy atom. The fourth-order valence-electron chi connectivity index (χ4n) is 4.84. The SMILES string of the molecule is CC(C)(C)OC(=O)N1CC2(CCCCC2)CC1C(=O)ON1C(=O)c2ccccc2C1=O. The van der Waals surface area contributed by atoms with E-state index in [1.54, 1.807) is 32.9 Å². The number of amides is 3. The van der Waals surface area contributed by atoms with Crippen molar-refractivity contribution in [2.45, 2.75) is 70.9 Å². The number of likely N-dealkylation sites (tertiary alicyclic amines) is 1. The molecule has 0 bridgehead atoms. The summed E-state index contributed by atoms with van der Waals surface area (Å²) in [5, 5.41) is 0.506. The predicted molar refractivity (Wildman–Crippen MR) is 110 cm³/mol. The molecule has 1 saturated carbocycles. The zero-order valence-electron chi connectivity index (χ0n) is 18.2. The van der Waals surface area contributed by atoms with Crippen molar-refractivity contribution in [3.63, 3.8) is 0 Å². The highest BCUT2D eigenvalue weighted by Crippen LogP contribution is 2.47. The molecule has 1 aliphatic carbocycles. The number of imide groups is 1. The fourth-order valence-corrected chi connectivity index (χ4v) is 4.84. The Morgan fingerprint density at radius 1 is 1.00 bits per heavy atom. The Kier molecular flexibility index (Phi) is 5.27. The van der Waals surface area contributed by atoms with E-state index < -0.39 is 35.5 Å². The van der Waals surface area contributed by atoms with E-state index in [1.165, 1.54) is 17.0 Å². The summed E-state index contributed by atoms with van der Waals surface area (Å²) in [6.07, 6.45) is 4.92. The summed E-state index contributed by atoms with van der Waals surface area (Å²) in [6, 6.07) is 5.41. The molecule has 2 fully saturated rings. The highest BCUT2D eigenvalue weighted by Gasteiger charge is 2.52. The van der Waals surface area contributed by atoms with Gasteiger partial charge in [0.2, 0.25) is 0 Å². The molecule has 0 aromatic heterocycles. The Labute approximate surface area is 181 Å². The van der Waals surface area contributed by atoms with Crippen LogP contribution in [0.15, 0.2) is 24.3 Å². The molecule has 31 heavy (non-hydrogen) atoms. The predicted octanol–water partition coefficient (Wildman–Crippen LogP) is 3.70. The van der Waals surface area contributed by atoms with Crippen molar-refractivity contribution < 1.29 is 28.8 Å². The molecule has 1 aromatic rings. The quantitative estimate of drug-likeness (QED) is 0.667. The van der Waals surface area contributed by atoms with E-state index in [0.717, 1.165) is 32.1 Å². The van der Waals surface area contributed by atoms with Gasteiger partial charge in [-0.1, -0.05) is 36.5 Å². The zero-order chi connectivity index (χ0) is 22.4. The Hall–Kier alpha value is -2.90. The lowest BCUT2D eigenvalue weighted by molar-refractivity contribution is -0.173. The van der Waals surface area contributed by atoms with Crippen LogP contribution in [-0.4, -0.2) is 52.0 Å². The highest BCUT2D eigenvalue weighted by molar-refractivity contribution is 6.20. The normalized spacial score (nSPS) is 22.6. The van der Waals surface area contributed by atoms with Gasteiger partial charge in [0.1, 0.15) is 11.6 Å². The molecule has 8 heteroatoms. The lowest BCUT2D eigenvalue weighted by atomic mass is 9.73. The third-order valence-corrected chi connectivity index (χ3v) is 6.26. The van der Waals surface area contributed by atoms with E-state index >= 15 is 0 Å². The zero-order valence-corrected chi connectivity index (χ0v) is 18.2. The monoisotopic (exact) mass is 428 g/mol. The minimum Gasteiger partial charge on any atom is -0.444 e. The first kappa shape index (κ1) is 21.3. The summed E-state index contributed by atoms with van der Waals surface area (Å²) in [5.74, 6) is -2.14. The number of carbonyl (C=O) groups excluding carboxylic acids is 4. The van der Waals surface area contributed by atoms with Gasteiger partial charge in [0.25, 0.3) is 11.8 Å². The molecule has 1 aromatic carbocycles. The maximum absolute atomic E-state index is 13.1. The smallest absolute Gasteiger partial charge is 0.411 e. The van der Waals surface area contributed by atoms with Gasteiger partial charge in [-0.05, 0) is 57.6 Å².